The number of nitrogens with one attached hydrogen (secondary N) is 2. The Morgan fingerprint density at radius 2 is 1.88 bits per heavy atom. The molecule has 1 fully saturated rings. The molecule has 1 amide bonds. The van der Waals surface area contributed by atoms with E-state index in [2.05, 4.69) is 25.6 Å². The number of oxazole rings is 1. The van der Waals surface area contributed by atoms with Crippen molar-refractivity contribution in [2.45, 2.75) is 6.92 Å². The molecule has 8 heteroatoms. The first kappa shape index (κ1) is 20.8. The highest BCUT2D eigenvalue weighted by molar-refractivity contribution is 5.95. The molecule has 0 atom stereocenters. The van der Waals surface area contributed by atoms with E-state index in [0.717, 1.165) is 30.0 Å². The summed E-state index contributed by atoms with van der Waals surface area (Å²) in [6.45, 7) is 5.06. The number of pyridine rings is 2. The average Bonchev–Trinajstić information content (AvgIpc) is 3.35. The van der Waals surface area contributed by atoms with Crippen LogP contribution in [0.1, 0.15) is 15.9 Å². The molecule has 5 rings (SSSR count). The second-order valence-corrected chi connectivity index (χ2v) is 7.90. The van der Waals surface area contributed by atoms with E-state index in [1.54, 1.807) is 12.4 Å². The fourth-order valence-corrected chi connectivity index (χ4v) is 3.74. The summed E-state index contributed by atoms with van der Waals surface area (Å²) in [6, 6.07) is 16.9. The highest BCUT2D eigenvalue weighted by Gasteiger charge is 2.19. The van der Waals surface area contributed by atoms with Crippen LogP contribution in [0.25, 0.3) is 22.9 Å². The monoisotopic (exact) mass is 440 g/mol. The number of hydrogen-bond acceptors (Lipinski definition) is 7. The molecule has 1 aliphatic rings. The number of nitrogens with zero attached hydrogens (tertiary/aromatic N) is 4. The molecule has 1 aliphatic heterocycles. The van der Waals surface area contributed by atoms with Crippen LogP contribution in [0.2, 0.25) is 0 Å². The Hall–Kier alpha value is -4.04. The molecule has 8 nitrogen and oxygen atoms in total. The molecule has 166 valence electrons. The van der Waals surface area contributed by atoms with Crippen LogP contribution in [0, 0.1) is 6.92 Å². The lowest BCUT2D eigenvalue weighted by Gasteiger charge is -2.27. The van der Waals surface area contributed by atoms with E-state index in [9.17, 15) is 4.79 Å². The molecule has 33 heavy (non-hydrogen) atoms. The van der Waals surface area contributed by atoms with Gasteiger partial charge in [0.1, 0.15) is 17.3 Å². The van der Waals surface area contributed by atoms with Gasteiger partial charge in [-0.3, -0.25) is 4.79 Å². The third-order valence-corrected chi connectivity index (χ3v) is 5.44. The summed E-state index contributed by atoms with van der Waals surface area (Å²) < 4.78 is 6.01. The Labute approximate surface area is 191 Å². The van der Waals surface area contributed by atoms with Gasteiger partial charge in [0.25, 0.3) is 5.91 Å². The topological polar surface area (TPSA) is 96.2 Å². The molecule has 2 N–H and O–H groups in total. The summed E-state index contributed by atoms with van der Waals surface area (Å²) in [6.07, 6.45) is 3.41. The molecular weight excluding hydrogens is 416 g/mol. The molecular formula is C25H24N6O2. The second kappa shape index (κ2) is 9.22. The summed E-state index contributed by atoms with van der Waals surface area (Å²) in [4.78, 5) is 28.1. The summed E-state index contributed by atoms with van der Waals surface area (Å²) in [5, 5.41) is 6.48. The van der Waals surface area contributed by atoms with Crippen LogP contribution in [0.3, 0.4) is 0 Å². The zero-order valence-electron chi connectivity index (χ0n) is 18.3. The zero-order valence-corrected chi connectivity index (χ0v) is 18.3. The number of aryl methyl sites for hydroxylation is 1. The lowest BCUT2D eigenvalue weighted by molar-refractivity contribution is 0.0736. The first-order valence-corrected chi connectivity index (χ1v) is 10.9. The van der Waals surface area contributed by atoms with Gasteiger partial charge in [-0.2, -0.15) is 0 Å². The second-order valence-electron chi connectivity index (χ2n) is 7.90. The Morgan fingerprint density at radius 3 is 2.73 bits per heavy atom. The molecule has 0 spiro atoms. The predicted molar refractivity (Wildman–Crippen MR) is 126 cm³/mol. The van der Waals surface area contributed by atoms with Crippen molar-refractivity contribution >= 4 is 17.5 Å². The first-order chi connectivity index (χ1) is 16.2. The molecule has 4 aromatic rings. The molecule has 1 saturated heterocycles. The van der Waals surface area contributed by atoms with Crippen molar-refractivity contribution in [3.8, 4) is 22.9 Å². The van der Waals surface area contributed by atoms with E-state index in [-0.39, 0.29) is 5.91 Å². The molecule has 3 aromatic heterocycles. The van der Waals surface area contributed by atoms with E-state index >= 15 is 0 Å². The number of benzene rings is 1. The van der Waals surface area contributed by atoms with Gasteiger partial charge < -0.3 is 20.0 Å². The maximum Gasteiger partial charge on any atom is 0.253 e. The predicted octanol–water partition coefficient (Wildman–Crippen LogP) is 3.90. The van der Waals surface area contributed by atoms with Crippen LogP contribution < -0.4 is 10.6 Å². The zero-order chi connectivity index (χ0) is 22.6. The van der Waals surface area contributed by atoms with Gasteiger partial charge >= 0.3 is 0 Å². The van der Waals surface area contributed by atoms with Gasteiger partial charge in [0.05, 0.1) is 6.20 Å². The van der Waals surface area contributed by atoms with E-state index in [1.165, 1.54) is 0 Å². The highest BCUT2D eigenvalue weighted by Crippen LogP contribution is 2.27. The van der Waals surface area contributed by atoms with E-state index < -0.39 is 0 Å². The van der Waals surface area contributed by atoms with E-state index in [0.29, 0.717) is 41.8 Å². The van der Waals surface area contributed by atoms with Crippen molar-refractivity contribution in [2.24, 2.45) is 0 Å². The minimum Gasteiger partial charge on any atom is -0.434 e. The fraction of sp³-hybridized carbons (Fsp3) is 0.200. The fourth-order valence-electron chi connectivity index (χ4n) is 3.74. The Bertz CT molecular complexity index is 1280. The smallest absolute Gasteiger partial charge is 0.253 e. The SMILES string of the molecule is Cc1ccnc(Nc2cccc(-c3cnc(-c4cccc(C(=O)N5CCNCC5)c4)o3)n2)c1. The van der Waals surface area contributed by atoms with Crippen LogP contribution >= 0.6 is 0 Å². The minimum absolute atomic E-state index is 0.0235. The van der Waals surface area contributed by atoms with Gasteiger partial charge in [-0.25, -0.2) is 15.0 Å². The van der Waals surface area contributed by atoms with Gasteiger partial charge in [0.2, 0.25) is 5.89 Å². The Morgan fingerprint density at radius 1 is 1.03 bits per heavy atom. The molecule has 4 heterocycles. The summed E-state index contributed by atoms with van der Waals surface area (Å²) in [5.41, 5.74) is 3.14. The molecule has 1 aromatic carbocycles. The van der Waals surface area contributed by atoms with Crippen molar-refractivity contribution in [3.63, 3.8) is 0 Å². The van der Waals surface area contributed by atoms with Crippen LogP contribution in [0.15, 0.2) is 71.4 Å². The average molecular weight is 441 g/mol. The number of amides is 1. The summed E-state index contributed by atoms with van der Waals surface area (Å²) >= 11 is 0. The standard InChI is InChI=1S/C25H24N6O2/c1-17-8-9-27-23(14-17)30-22-7-3-6-20(29-22)21-16-28-24(33-21)18-4-2-5-19(15-18)25(32)31-12-10-26-11-13-31/h2-9,14-16,26H,10-13H2,1H3,(H,27,29,30). The largest absolute Gasteiger partial charge is 0.434 e. The highest BCUT2D eigenvalue weighted by atomic mass is 16.4. The van der Waals surface area contributed by atoms with Crippen molar-refractivity contribution < 1.29 is 9.21 Å². The molecule has 0 saturated carbocycles. The number of aromatic nitrogens is 3. The minimum atomic E-state index is 0.0235. The van der Waals surface area contributed by atoms with Crippen molar-refractivity contribution in [1.29, 1.82) is 0 Å². The van der Waals surface area contributed by atoms with Crippen molar-refractivity contribution in [3.05, 3.63) is 78.1 Å². The first-order valence-electron chi connectivity index (χ1n) is 10.9. The Kier molecular flexibility index (Phi) is 5.82. The third kappa shape index (κ3) is 4.75. The summed E-state index contributed by atoms with van der Waals surface area (Å²) in [5.74, 6) is 2.40. The Balaban J connectivity index is 1.36. The van der Waals surface area contributed by atoms with Gasteiger partial charge in [0.15, 0.2) is 5.76 Å². The lowest BCUT2D eigenvalue weighted by Crippen LogP contribution is -2.46. The molecule has 0 bridgehead atoms. The van der Waals surface area contributed by atoms with Crippen LogP contribution in [-0.2, 0) is 0 Å². The van der Waals surface area contributed by atoms with Crippen LogP contribution in [0.5, 0.6) is 0 Å². The van der Waals surface area contributed by atoms with Crippen molar-refractivity contribution in [2.75, 3.05) is 31.5 Å². The quantitative estimate of drug-likeness (QED) is 0.486. The number of rotatable bonds is 5. The van der Waals surface area contributed by atoms with Gasteiger partial charge in [-0.05, 0) is 55.0 Å². The summed E-state index contributed by atoms with van der Waals surface area (Å²) in [7, 11) is 0. The number of anilines is 2. The molecule has 0 aliphatic carbocycles. The van der Waals surface area contributed by atoms with Crippen LogP contribution in [0.4, 0.5) is 11.6 Å². The molecule has 0 unspecified atom stereocenters. The molecule has 0 radical (unpaired) electrons. The van der Waals surface area contributed by atoms with Gasteiger partial charge in [-0.1, -0.05) is 12.1 Å². The normalized spacial score (nSPS) is 13.7. The number of hydrogen-bond donors (Lipinski definition) is 2. The van der Waals surface area contributed by atoms with E-state index in [1.807, 2.05) is 66.4 Å². The third-order valence-electron chi connectivity index (χ3n) is 5.44. The van der Waals surface area contributed by atoms with Crippen LogP contribution in [-0.4, -0.2) is 51.9 Å². The maximum atomic E-state index is 12.8. The van der Waals surface area contributed by atoms with Gasteiger partial charge in [-0.15, -0.1) is 0 Å². The number of piperazine rings is 1. The van der Waals surface area contributed by atoms with E-state index in [4.69, 9.17) is 4.42 Å². The lowest BCUT2D eigenvalue weighted by atomic mass is 10.1. The van der Waals surface area contributed by atoms with Crippen molar-refractivity contribution in [1.82, 2.24) is 25.2 Å². The maximum absolute atomic E-state index is 12.8. The number of carbonyl (C=O) groups excluding carboxylic acids is 1. The number of carbonyl (C=O) groups is 1. The van der Waals surface area contributed by atoms with Gasteiger partial charge in [0, 0.05) is 43.5 Å².